The lowest BCUT2D eigenvalue weighted by molar-refractivity contribution is 0.294. The highest BCUT2D eigenvalue weighted by Crippen LogP contribution is 2.29. The second kappa shape index (κ2) is 12.5. The van der Waals surface area contributed by atoms with Crippen LogP contribution in [0.4, 0.5) is 0 Å². The number of aliphatic imine (C=N–C) groups is 1. The average molecular weight is 416 g/mol. The normalized spacial score (nSPS) is 11.0. The van der Waals surface area contributed by atoms with Crippen LogP contribution in [0.25, 0.3) is 0 Å². The van der Waals surface area contributed by atoms with Crippen LogP contribution in [0.2, 0.25) is 0 Å². The van der Waals surface area contributed by atoms with Crippen LogP contribution < -0.4 is 29.6 Å². The van der Waals surface area contributed by atoms with E-state index in [9.17, 15) is 0 Å². The summed E-state index contributed by atoms with van der Waals surface area (Å²) >= 11 is 0. The summed E-state index contributed by atoms with van der Waals surface area (Å²) in [5, 5.41) is 6.63. The summed E-state index contributed by atoms with van der Waals surface area (Å²) in [6.07, 6.45) is 0.953. The minimum absolute atomic E-state index is 0.517. The Morgan fingerprint density at radius 3 is 2.10 bits per heavy atom. The number of ether oxygens (including phenoxy) is 4. The second-order valence-corrected chi connectivity index (χ2v) is 6.57. The van der Waals surface area contributed by atoms with Gasteiger partial charge in [-0.3, -0.25) is 0 Å². The minimum atomic E-state index is 0.517. The van der Waals surface area contributed by atoms with Crippen molar-refractivity contribution in [2.45, 2.75) is 33.4 Å². The summed E-state index contributed by atoms with van der Waals surface area (Å²) in [5.41, 5.74) is 2.11. The van der Waals surface area contributed by atoms with Gasteiger partial charge in [-0.05, 0) is 48.7 Å². The van der Waals surface area contributed by atoms with Gasteiger partial charge in [-0.1, -0.05) is 19.1 Å². The maximum Gasteiger partial charge on any atom is 0.191 e. The Morgan fingerprint density at radius 2 is 1.43 bits per heavy atom. The molecule has 0 amide bonds. The largest absolute Gasteiger partial charge is 0.493 e. The van der Waals surface area contributed by atoms with E-state index in [1.807, 2.05) is 43.3 Å². The number of guanidine groups is 1. The maximum atomic E-state index is 5.72. The Hall–Kier alpha value is -3.09. The highest BCUT2D eigenvalue weighted by atomic mass is 16.5. The second-order valence-electron chi connectivity index (χ2n) is 6.57. The summed E-state index contributed by atoms with van der Waals surface area (Å²) < 4.78 is 21.8. The standard InChI is InChI=1S/C23H33N3O4/c1-6-12-30-20-11-9-18(14-22(20)29-5)16-26-23(24-7-2)25-15-17-8-10-19(27-3)21(13-17)28-4/h8-11,13-14H,6-7,12,15-16H2,1-5H3,(H2,24,25,26). The fourth-order valence-corrected chi connectivity index (χ4v) is 2.83. The van der Waals surface area contributed by atoms with E-state index in [-0.39, 0.29) is 0 Å². The Morgan fingerprint density at radius 1 is 0.800 bits per heavy atom. The third kappa shape index (κ3) is 6.76. The van der Waals surface area contributed by atoms with Crippen molar-refractivity contribution in [1.29, 1.82) is 0 Å². The number of nitrogens with zero attached hydrogens (tertiary/aromatic N) is 1. The topological polar surface area (TPSA) is 73.3 Å². The van der Waals surface area contributed by atoms with Crippen LogP contribution in [0.1, 0.15) is 31.4 Å². The van der Waals surface area contributed by atoms with E-state index in [0.717, 1.165) is 41.6 Å². The van der Waals surface area contributed by atoms with Crippen LogP contribution in [-0.2, 0) is 13.1 Å². The highest BCUT2D eigenvalue weighted by Gasteiger charge is 2.07. The van der Waals surface area contributed by atoms with Gasteiger partial charge in [-0.25, -0.2) is 4.99 Å². The summed E-state index contributed by atoms with van der Waals surface area (Å²) in [6.45, 7) is 6.68. The maximum absolute atomic E-state index is 5.72. The van der Waals surface area contributed by atoms with Gasteiger partial charge in [0, 0.05) is 13.1 Å². The van der Waals surface area contributed by atoms with Crippen molar-refractivity contribution in [3.8, 4) is 23.0 Å². The molecule has 0 spiro atoms. The van der Waals surface area contributed by atoms with Crippen LogP contribution in [0.5, 0.6) is 23.0 Å². The van der Waals surface area contributed by atoms with E-state index >= 15 is 0 Å². The van der Waals surface area contributed by atoms with Gasteiger partial charge in [0.25, 0.3) is 0 Å². The van der Waals surface area contributed by atoms with Crippen LogP contribution in [0.3, 0.4) is 0 Å². The van der Waals surface area contributed by atoms with E-state index in [2.05, 4.69) is 22.5 Å². The zero-order valence-corrected chi connectivity index (χ0v) is 18.6. The van der Waals surface area contributed by atoms with Crippen molar-refractivity contribution >= 4 is 5.96 Å². The molecule has 0 saturated heterocycles. The van der Waals surface area contributed by atoms with Gasteiger partial charge in [0.15, 0.2) is 29.0 Å². The Bertz CT molecular complexity index is 824. The molecule has 2 N–H and O–H groups in total. The SMILES string of the molecule is CCCOc1ccc(CNC(=NCc2ccc(OC)c(OC)c2)NCC)cc1OC. The van der Waals surface area contributed by atoms with E-state index in [0.29, 0.717) is 31.2 Å². The molecule has 2 rings (SSSR count). The first-order chi connectivity index (χ1) is 14.6. The van der Waals surface area contributed by atoms with Crippen LogP contribution in [0, 0.1) is 0 Å². The van der Waals surface area contributed by atoms with Gasteiger partial charge in [-0.2, -0.15) is 0 Å². The molecule has 0 heterocycles. The molecule has 2 aromatic carbocycles. The number of hydrogen-bond donors (Lipinski definition) is 2. The van der Waals surface area contributed by atoms with Crippen molar-refractivity contribution in [3.05, 3.63) is 47.5 Å². The first kappa shape index (κ1) is 23.2. The first-order valence-electron chi connectivity index (χ1n) is 10.2. The van der Waals surface area contributed by atoms with Crippen LogP contribution in [0.15, 0.2) is 41.4 Å². The highest BCUT2D eigenvalue weighted by molar-refractivity contribution is 5.79. The summed E-state index contributed by atoms with van der Waals surface area (Å²) in [6, 6.07) is 11.8. The van der Waals surface area contributed by atoms with Crippen molar-refractivity contribution in [2.75, 3.05) is 34.5 Å². The van der Waals surface area contributed by atoms with Crippen molar-refractivity contribution in [3.63, 3.8) is 0 Å². The molecule has 0 unspecified atom stereocenters. The Labute approximate surface area is 179 Å². The van der Waals surface area contributed by atoms with Gasteiger partial charge in [-0.15, -0.1) is 0 Å². The van der Waals surface area contributed by atoms with Gasteiger partial charge < -0.3 is 29.6 Å². The number of methoxy groups -OCH3 is 3. The number of hydrogen-bond acceptors (Lipinski definition) is 5. The quantitative estimate of drug-likeness (QED) is 0.430. The van der Waals surface area contributed by atoms with Gasteiger partial charge in [0.05, 0.1) is 34.5 Å². The van der Waals surface area contributed by atoms with Gasteiger partial charge >= 0.3 is 0 Å². The molecule has 0 atom stereocenters. The van der Waals surface area contributed by atoms with E-state index < -0.39 is 0 Å². The first-order valence-corrected chi connectivity index (χ1v) is 10.2. The predicted octanol–water partition coefficient (Wildman–Crippen LogP) is 3.76. The molecule has 0 aliphatic rings. The molecular weight excluding hydrogens is 382 g/mol. The molecule has 0 aliphatic heterocycles. The van der Waals surface area contributed by atoms with E-state index in [1.54, 1.807) is 21.3 Å². The fraction of sp³-hybridized carbons (Fsp3) is 0.435. The fourth-order valence-electron chi connectivity index (χ4n) is 2.83. The van der Waals surface area contributed by atoms with E-state index in [1.165, 1.54) is 0 Å². The molecular formula is C23H33N3O4. The Balaban J connectivity index is 2.05. The summed E-state index contributed by atoms with van der Waals surface area (Å²) in [7, 11) is 4.91. The summed E-state index contributed by atoms with van der Waals surface area (Å²) in [5.74, 6) is 3.63. The van der Waals surface area contributed by atoms with Crippen molar-refractivity contribution in [1.82, 2.24) is 10.6 Å². The predicted molar refractivity (Wildman–Crippen MR) is 120 cm³/mol. The Kier molecular flexibility index (Phi) is 9.64. The molecule has 164 valence electrons. The van der Waals surface area contributed by atoms with Gasteiger partial charge in [0.2, 0.25) is 0 Å². The molecule has 0 aromatic heterocycles. The number of rotatable bonds is 11. The van der Waals surface area contributed by atoms with E-state index in [4.69, 9.17) is 18.9 Å². The lowest BCUT2D eigenvalue weighted by Crippen LogP contribution is -2.36. The van der Waals surface area contributed by atoms with Crippen LogP contribution >= 0.6 is 0 Å². The molecule has 7 nitrogen and oxygen atoms in total. The number of benzene rings is 2. The van der Waals surface area contributed by atoms with Crippen LogP contribution in [-0.4, -0.2) is 40.4 Å². The third-order valence-electron chi connectivity index (χ3n) is 4.36. The lowest BCUT2D eigenvalue weighted by atomic mass is 10.2. The molecule has 2 aromatic rings. The smallest absolute Gasteiger partial charge is 0.191 e. The molecule has 30 heavy (non-hydrogen) atoms. The molecule has 7 heteroatoms. The average Bonchev–Trinajstić information content (AvgIpc) is 2.79. The summed E-state index contributed by atoms with van der Waals surface area (Å²) in [4.78, 5) is 4.67. The zero-order valence-electron chi connectivity index (χ0n) is 18.6. The molecule has 0 radical (unpaired) electrons. The third-order valence-corrected chi connectivity index (χ3v) is 4.36. The molecule has 0 saturated carbocycles. The zero-order chi connectivity index (χ0) is 21.8. The monoisotopic (exact) mass is 415 g/mol. The van der Waals surface area contributed by atoms with Gasteiger partial charge in [0.1, 0.15) is 0 Å². The number of nitrogens with one attached hydrogen (secondary N) is 2. The molecule has 0 bridgehead atoms. The molecule has 0 aliphatic carbocycles. The van der Waals surface area contributed by atoms with Crippen molar-refractivity contribution < 1.29 is 18.9 Å². The molecule has 0 fully saturated rings. The lowest BCUT2D eigenvalue weighted by Gasteiger charge is -2.14. The van der Waals surface area contributed by atoms with Crippen molar-refractivity contribution in [2.24, 2.45) is 4.99 Å². The minimum Gasteiger partial charge on any atom is -0.493 e.